The molecular formula is C12H20BI. The van der Waals surface area contributed by atoms with Gasteiger partial charge in [0.15, 0.2) is 0 Å². The Morgan fingerprint density at radius 1 is 1.57 bits per heavy atom. The van der Waals surface area contributed by atoms with Crippen molar-refractivity contribution in [2.75, 3.05) is 4.43 Å². The molecule has 2 heteroatoms. The third-order valence-corrected chi connectivity index (χ3v) is 5.34. The van der Waals surface area contributed by atoms with Gasteiger partial charge in [0, 0.05) is 9.84 Å². The van der Waals surface area contributed by atoms with Crippen LogP contribution in [0.5, 0.6) is 0 Å². The van der Waals surface area contributed by atoms with E-state index in [1.54, 1.807) is 5.57 Å². The number of rotatable bonds is 4. The van der Waals surface area contributed by atoms with E-state index in [9.17, 15) is 0 Å². The summed E-state index contributed by atoms with van der Waals surface area (Å²) >= 11 is 2.55. The summed E-state index contributed by atoms with van der Waals surface area (Å²) in [6, 6.07) is 0. The van der Waals surface area contributed by atoms with Crippen LogP contribution in [-0.2, 0) is 0 Å². The zero-order valence-corrected chi connectivity index (χ0v) is 11.5. The molecule has 14 heavy (non-hydrogen) atoms. The van der Waals surface area contributed by atoms with E-state index in [0.29, 0.717) is 5.41 Å². The molecule has 0 amide bonds. The van der Waals surface area contributed by atoms with E-state index in [1.807, 2.05) is 0 Å². The molecule has 0 nitrogen and oxygen atoms in total. The molecule has 3 unspecified atom stereocenters. The first-order valence-corrected chi connectivity index (χ1v) is 7.59. The van der Waals surface area contributed by atoms with Gasteiger partial charge in [-0.1, -0.05) is 53.9 Å². The van der Waals surface area contributed by atoms with Gasteiger partial charge in [-0.2, -0.15) is 0 Å². The first-order chi connectivity index (χ1) is 6.79. The van der Waals surface area contributed by atoms with Crippen LogP contribution in [0.2, 0.25) is 6.32 Å². The second-order valence-electron chi connectivity index (χ2n) is 4.90. The Hall–Kier alpha value is 0.535. The van der Waals surface area contributed by atoms with Crippen molar-refractivity contribution in [2.24, 2.45) is 17.3 Å². The SMILES string of the molecule is BCC1CCC2C=C(CI)C21CCC. The van der Waals surface area contributed by atoms with E-state index in [4.69, 9.17) is 0 Å². The normalized spacial score (nSPS) is 40.3. The van der Waals surface area contributed by atoms with Gasteiger partial charge in [-0.05, 0) is 31.1 Å². The first-order valence-electron chi connectivity index (χ1n) is 6.06. The quantitative estimate of drug-likeness (QED) is 0.324. The summed E-state index contributed by atoms with van der Waals surface area (Å²) in [5.41, 5.74) is 2.46. The molecule has 0 aromatic rings. The van der Waals surface area contributed by atoms with Crippen molar-refractivity contribution in [3.05, 3.63) is 11.6 Å². The highest BCUT2D eigenvalue weighted by atomic mass is 127. The molecule has 0 N–H and O–H groups in total. The molecule has 1 saturated carbocycles. The minimum atomic E-state index is 0.671. The van der Waals surface area contributed by atoms with Gasteiger partial charge in [0.05, 0.1) is 0 Å². The average Bonchev–Trinajstić information content (AvgIpc) is 2.44. The molecular weight excluding hydrogens is 282 g/mol. The summed E-state index contributed by atoms with van der Waals surface area (Å²) in [5.74, 6) is 1.96. The number of hydrogen-bond acceptors (Lipinski definition) is 0. The van der Waals surface area contributed by atoms with Crippen molar-refractivity contribution in [2.45, 2.75) is 38.9 Å². The van der Waals surface area contributed by atoms with E-state index in [1.165, 1.54) is 36.4 Å². The fraction of sp³-hybridized carbons (Fsp3) is 0.833. The van der Waals surface area contributed by atoms with Crippen LogP contribution in [0.4, 0.5) is 0 Å². The maximum absolute atomic E-state index is 2.58. The Kier molecular flexibility index (Phi) is 3.30. The van der Waals surface area contributed by atoms with Crippen molar-refractivity contribution in [3.8, 4) is 0 Å². The van der Waals surface area contributed by atoms with Gasteiger partial charge in [0.2, 0.25) is 0 Å². The molecule has 2 rings (SSSR count). The lowest BCUT2D eigenvalue weighted by molar-refractivity contribution is 0.171. The predicted molar refractivity (Wildman–Crippen MR) is 73.9 cm³/mol. The molecule has 0 spiro atoms. The van der Waals surface area contributed by atoms with Gasteiger partial charge in [-0.15, -0.1) is 0 Å². The number of fused-ring (bicyclic) bond motifs is 1. The van der Waals surface area contributed by atoms with Gasteiger partial charge < -0.3 is 0 Å². The molecule has 78 valence electrons. The van der Waals surface area contributed by atoms with Crippen molar-refractivity contribution < 1.29 is 0 Å². The fourth-order valence-electron chi connectivity index (χ4n) is 3.93. The number of alkyl halides is 1. The molecule has 2 aliphatic rings. The molecule has 0 bridgehead atoms. The van der Waals surface area contributed by atoms with Crippen LogP contribution >= 0.6 is 22.6 Å². The minimum absolute atomic E-state index is 0.671. The predicted octanol–water partition coefficient (Wildman–Crippen LogP) is 3.23. The summed E-state index contributed by atoms with van der Waals surface area (Å²) in [5, 5.41) is 0. The van der Waals surface area contributed by atoms with Gasteiger partial charge in [-0.25, -0.2) is 0 Å². The van der Waals surface area contributed by atoms with Crippen LogP contribution in [0, 0.1) is 17.3 Å². The summed E-state index contributed by atoms with van der Waals surface area (Å²) in [6.45, 7) is 2.35. The van der Waals surface area contributed by atoms with Crippen molar-refractivity contribution in [1.29, 1.82) is 0 Å². The van der Waals surface area contributed by atoms with Crippen LogP contribution in [-0.4, -0.2) is 12.3 Å². The van der Waals surface area contributed by atoms with Crippen LogP contribution in [0.15, 0.2) is 11.6 Å². The lowest BCUT2D eigenvalue weighted by Crippen LogP contribution is -2.41. The molecule has 0 saturated heterocycles. The van der Waals surface area contributed by atoms with E-state index in [0.717, 1.165) is 11.8 Å². The lowest BCUT2D eigenvalue weighted by Gasteiger charge is -2.48. The van der Waals surface area contributed by atoms with E-state index in [2.05, 4.69) is 43.4 Å². The maximum Gasteiger partial charge on any atom is 0.101 e. The van der Waals surface area contributed by atoms with Crippen LogP contribution in [0.1, 0.15) is 32.6 Å². The minimum Gasteiger partial charge on any atom is -0.0815 e. The number of allylic oxidation sites excluding steroid dienone is 2. The van der Waals surface area contributed by atoms with Crippen LogP contribution in [0.3, 0.4) is 0 Å². The smallest absolute Gasteiger partial charge is 0.0815 e. The molecule has 2 aliphatic carbocycles. The highest BCUT2D eigenvalue weighted by molar-refractivity contribution is 14.1. The Bertz CT molecular complexity index is 249. The van der Waals surface area contributed by atoms with E-state index >= 15 is 0 Å². The molecule has 0 aromatic heterocycles. The van der Waals surface area contributed by atoms with Crippen molar-refractivity contribution in [1.82, 2.24) is 0 Å². The lowest BCUT2D eigenvalue weighted by atomic mass is 9.55. The Morgan fingerprint density at radius 2 is 2.36 bits per heavy atom. The Labute approximate surface area is 102 Å². The highest BCUT2D eigenvalue weighted by Crippen LogP contribution is 2.63. The summed E-state index contributed by atoms with van der Waals surface area (Å²) in [6.07, 6.45) is 9.74. The van der Waals surface area contributed by atoms with Gasteiger partial charge in [0.25, 0.3) is 0 Å². The molecule has 0 radical (unpaired) electrons. The molecule has 3 atom stereocenters. The van der Waals surface area contributed by atoms with Gasteiger partial charge in [-0.3, -0.25) is 0 Å². The van der Waals surface area contributed by atoms with Crippen molar-refractivity contribution in [3.63, 3.8) is 0 Å². The molecule has 1 fully saturated rings. The van der Waals surface area contributed by atoms with Gasteiger partial charge >= 0.3 is 0 Å². The second kappa shape index (κ2) is 4.19. The third-order valence-electron chi connectivity index (χ3n) is 4.52. The van der Waals surface area contributed by atoms with Crippen LogP contribution in [0.25, 0.3) is 0 Å². The van der Waals surface area contributed by atoms with Crippen molar-refractivity contribution >= 4 is 30.4 Å². The average molecular weight is 302 g/mol. The third kappa shape index (κ3) is 1.32. The second-order valence-corrected chi connectivity index (χ2v) is 5.67. The van der Waals surface area contributed by atoms with E-state index < -0.39 is 0 Å². The molecule has 0 aliphatic heterocycles. The van der Waals surface area contributed by atoms with E-state index in [-0.39, 0.29) is 0 Å². The zero-order valence-electron chi connectivity index (χ0n) is 9.35. The summed E-state index contributed by atoms with van der Waals surface area (Å²) in [4.78, 5) is 0. The molecule has 0 aromatic carbocycles. The maximum atomic E-state index is 2.58. The monoisotopic (exact) mass is 302 g/mol. The standard InChI is InChI=1S/C12H20BI/c1-2-5-12-9(6-11(12)8-14)3-4-10(12)7-13/h6,9-10H,2-5,7-8,13H2,1H3. The fourth-order valence-corrected chi connectivity index (χ4v) is 4.90. The highest BCUT2D eigenvalue weighted by Gasteiger charge is 2.54. The Balaban J connectivity index is 2.23. The van der Waals surface area contributed by atoms with Crippen LogP contribution < -0.4 is 0 Å². The summed E-state index contributed by atoms with van der Waals surface area (Å²) in [7, 11) is 2.38. The molecule has 0 heterocycles. The Morgan fingerprint density at radius 3 is 2.93 bits per heavy atom. The topological polar surface area (TPSA) is 0 Å². The first kappa shape index (κ1) is 11.0. The number of hydrogen-bond donors (Lipinski definition) is 0. The van der Waals surface area contributed by atoms with Gasteiger partial charge in [0.1, 0.15) is 7.85 Å². The largest absolute Gasteiger partial charge is 0.101 e. The zero-order chi connectivity index (χ0) is 10.2. The summed E-state index contributed by atoms with van der Waals surface area (Å²) < 4.78 is 1.27. The number of halogens is 1.